The molecule has 0 atom stereocenters. The number of rotatable bonds is 3. The van der Waals surface area contributed by atoms with E-state index in [-0.39, 0.29) is 0 Å². The highest BCUT2D eigenvalue weighted by Gasteiger charge is 2.01. The molecule has 0 saturated carbocycles. The molecule has 0 unspecified atom stereocenters. The van der Waals surface area contributed by atoms with Crippen LogP contribution in [0.15, 0.2) is 64.6 Å². The Kier molecular flexibility index (Phi) is 3.33. The second-order valence-electron chi connectivity index (χ2n) is 4.30. The van der Waals surface area contributed by atoms with Crippen LogP contribution in [0.2, 0.25) is 0 Å². The highest BCUT2D eigenvalue weighted by molar-refractivity contribution is 7.99. The van der Waals surface area contributed by atoms with Gasteiger partial charge >= 0.3 is 0 Å². The van der Waals surface area contributed by atoms with Gasteiger partial charge in [0.1, 0.15) is 5.03 Å². The molecular formula is C15H13N3S. The van der Waals surface area contributed by atoms with Crippen LogP contribution in [0.3, 0.4) is 0 Å². The Morgan fingerprint density at radius 3 is 2.11 bits per heavy atom. The highest BCUT2D eigenvalue weighted by Crippen LogP contribution is 2.28. The van der Waals surface area contributed by atoms with Crippen molar-refractivity contribution in [3.8, 4) is 11.1 Å². The summed E-state index contributed by atoms with van der Waals surface area (Å²) in [4.78, 5) is 1.16. The number of aryl methyl sites for hydroxylation is 1. The summed E-state index contributed by atoms with van der Waals surface area (Å²) in [7, 11) is 0. The third kappa shape index (κ3) is 2.85. The molecule has 2 aromatic carbocycles. The summed E-state index contributed by atoms with van der Waals surface area (Å²) in [6.07, 6.45) is 1.72. The first-order chi connectivity index (χ1) is 9.31. The van der Waals surface area contributed by atoms with Crippen LogP contribution in [-0.2, 0) is 0 Å². The van der Waals surface area contributed by atoms with E-state index in [2.05, 4.69) is 70.9 Å². The smallest absolute Gasteiger partial charge is 0.143 e. The molecule has 19 heavy (non-hydrogen) atoms. The number of hydrogen-bond donors (Lipinski definition) is 1. The molecule has 3 nitrogen and oxygen atoms in total. The average Bonchev–Trinajstić information content (AvgIpc) is 2.94. The van der Waals surface area contributed by atoms with Gasteiger partial charge in [0.15, 0.2) is 0 Å². The molecule has 0 aliphatic heterocycles. The predicted molar refractivity (Wildman–Crippen MR) is 77.1 cm³/mol. The van der Waals surface area contributed by atoms with Gasteiger partial charge in [-0.25, -0.2) is 0 Å². The molecule has 3 aromatic rings. The van der Waals surface area contributed by atoms with Gasteiger partial charge < -0.3 is 0 Å². The fourth-order valence-corrected chi connectivity index (χ4v) is 2.53. The minimum absolute atomic E-state index is 0.878. The fraction of sp³-hybridized carbons (Fsp3) is 0.0667. The van der Waals surface area contributed by atoms with Gasteiger partial charge in [0.25, 0.3) is 0 Å². The highest BCUT2D eigenvalue weighted by atomic mass is 32.2. The molecule has 0 radical (unpaired) electrons. The van der Waals surface area contributed by atoms with Crippen molar-refractivity contribution in [1.82, 2.24) is 15.4 Å². The number of hydrogen-bond acceptors (Lipinski definition) is 3. The first-order valence-corrected chi connectivity index (χ1v) is 6.84. The van der Waals surface area contributed by atoms with Crippen LogP contribution in [0.25, 0.3) is 11.1 Å². The lowest BCUT2D eigenvalue weighted by Gasteiger charge is -2.03. The minimum atomic E-state index is 0.878. The third-order valence-corrected chi connectivity index (χ3v) is 3.77. The van der Waals surface area contributed by atoms with E-state index in [0.717, 1.165) is 9.92 Å². The standard InChI is InChI=1S/C15H13N3S/c1-11-2-4-12(5-3-11)13-6-8-14(9-7-13)19-15-10-16-18-17-15/h2-10H,1H3,(H,16,17,18). The van der Waals surface area contributed by atoms with Crippen molar-refractivity contribution in [2.75, 3.05) is 0 Å². The minimum Gasteiger partial charge on any atom is -0.197 e. The molecule has 94 valence electrons. The molecular weight excluding hydrogens is 254 g/mol. The van der Waals surface area contributed by atoms with E-state index in [0.29, 0.717) is 0 Å². The maximum absolute atomic E-state index is 4.03. The van der Waals surface area contributed by atoms with Crippen LogP contribution in [0, 0.1) is 6.92 Å². The van der Waals surface area contributed by atoms with Gasteiger partial charge in [0, 0.05) is 4.90 Å². The van der Waals surface area contributed by atoms with Crippen LogP contribution >= 0.6 is 11.8 Å². The molecule has 0 saturated heterocycles. The average molecular weight is 267 g/mol. The first-order valence-electron chi connectivity index (χ1n) is 6.02. The van der Waals surface area contributed by atoms with Crippen molar-refractivity contribution in [2.24, 2.45) is 0 Å². The molecule has 1 N–H and O–H groups in total. The monoisotopic (exact) mass is 267 g/mol. The van der Waals surface area contributed by atoms with Gasteiger partial charge in [-0.1, -0.05) is 53.7 Å². The van der Waals surface area contributed by atoms with E-state index in [1.54, 1.807) is 18.0 Å². The van der Waals surface area contributed by atoms with Crippen LogP contribution in [-0.4, -0.2) is 15.4 Å². The summed E-state index contributed by atoms with van der Waals surface area (Å²) in [6.45, 7) is 2.10. The van der Waals surface area contributed by atoms with Crippen molar-refractivity contribution >= 4 is 11.8 Å². The van der Waals surface area contributed by atoms with E-state index >= 15 is 0 Å². The summed E-state index contributed by atoms with van der Waals surface area (Å²) >= 11 is 1.60. The van der Waals surface area contributed by atoms with E-state index in [9.17, 15) is 0 Å². The lowest BCUT2D eigenvalue weighted by Crippen LogP contribution is -1.79. The molecule has 0 aliphatic carbocycles. The maximum Gasteiger partial charge on any atom is 0.143 e. The number of H-pyrrole nitrogens is 1. The topological polar surface area (TPSA) is 41.6 Å². The van der Waals surface area contributed by atoms with E-state index in [4.69, 9.17) is 0 Å². The SMILES string of the molecule is Cc1ccc(-c2ccc(Sc3cn[nH]n3)cc2)cc1. The van der Waals surface area contributed by atoms with Gasteiger partial charge in [-0.05, 0) is 30.2 Å². The Labute approximate surface area is 116 Å². The van der Waals surface area contributed by atoms with Crippen molar-refractivity contribution < 1.29 is 0 Å². The molecule has 0 amide bonds. The predicted octanol–water partition coefficient (Wildman–Crippen LogP) is 3.93. The van der Waals surface area contributed by atoms with Crippen molar-refractivity contribution in [3.05, 3.63) is 60.3 Å². The second kappa shape index (κ2) is 5.28. The van der Waals surface area contributed by atoms with Crippen LogP contribution in [0.5, 0.6) is 0 Å². The zero-order chi connectivity index (χ0) is 13.1. The van der Waals surface area contributed by atoms with Gasteiger partial charge in [0.2, 0.25) is 0 Å². The number of aromatic nitrogens is 3. The zero-order valence-electron chi connectivity index (χ0n) is 10.5. The number of aromatic amines is 1. The molecule has 0 spiro atoms. The third-order valence-electron chi connectivity index (χ3n) is 2.85. The van der Waals surface area contributed by atoms with Gasteiger partial charge in [-0.15, -0.1) is 5.10 Å². The summed E-state index contributed by atoms with van der Waals surface area (Å²) in [5, 5.41) is 11.3. The van der Waals surface area contributed by atoms with Crippen molar-refractivity contribution in [1.29, 1.82) is 0 Å². The zero-order valence-corrected chi connectivity index (χ0v) is 11.3. The summed E-state index contributed by atoms with van der Waals surface area (Å²) in [5.41, 5.74) is 3.75. The lowest BCUT2D eigenvalue weighted by atomic mass is 10.0. The second-order valence-corrected chi connectivity index (χ2v) is 5.39. The molecule has 1 aromatic heterocycles. The number of benzene rings is 2. The molecule has 1 heterocycles. The van der Waals surface area contributed by atoms with Gasteiger partial charge in [-0.3, -0.25) is 0 Å². The van der Waals surface area contributed by atoms with Crippen molar-refractivity contribution in [2.45, 2.75) is 16.8 Å². The van der Waals surface area contributed by atoms with E-state index in [1.807, 2.05) is 0 Å². The van der Waals surface area contributed by atoms with Gasteiger partial charge in [-0.2, -0.15) is 10.3 Å². The Hall–Kier alpha value is -2.07. The fourth-order valence-electron chi connectivity index (χ4n) is 1.82. The number of nitrogens with one attached hydrogen (secondary N) is 1. The normalized spacial score (nSPS) is 10.6. The van der Waals surface area contributed by atoms with Crippen LogP contribution in [0.1, 0.15) is 5.56 Å². The van der Waals surface area contributed by atoms with Crippen molar-refractivity contribution in [3.63, 3.8) is 0 Å². The van der Waals surface area contributed by atoms with E-state index in [1.165, 1.54) is 16.7 Å². The Morgan fingerprint density at radius 1 is 0.895 bits per heavy atom. The Morgan fingerprint density at radius 2 is 1.53 bits per heavy atom. The Balaban J connectivity index is 1.80. The summed E-state index contributed by atoms with van der Waals surface area (Å²) in [6, 6.07) is 17.0. The van der Waals surface area contributed by atoms with E-state index < -0.39 is 0 Å². The first kappa shape index (κ1) is 12.0. The lowest BCUT2D eigenvalue weighted by molar-refractivity contribution is 0.911. The van der Waals surface area contributed by atoms with Gasteiger partial charge in [0.05, 0.1) is 6.20 Å². The quantitative estimate of drug-likeness (QED) is 0.781. The Bertz CT molecular complexity index is 643. The van der Waals surface area contributed by atoms with Crippen LogP contribution < -0.4 is 0 Å². The summed E-state index contributed by atoms with van der Waals surface area (Å²) in [5.74, 6) is 0. The molecule has 4 heteroatoms. The van der Waals surface area contributed by atoms with Crippen LogP contribution in [0.4, 0.5) is 0 Å². The molecule has 0 fully saturated rings. The largest absolute Gasteiger partial charge is 0.197 e. The number of nitrogens with zero attached hydrogens (tertiary/aromatic N) is 2. The molecule has 0 bridgehead atoms. The maximum atomic E-state index is 4.03. The molecule has 3 rings (SSSR count). The molecule has 0 aliphatic rings. The summed E-state index contributed by atoms with van der Waals surface area (Å²) < 4.78 is 0.